The molecule has 0 saturated carbocycles. The van der Waals surface area contributed by atoms with Crippen molar-refractivity contribution in [3.05, 3.63) is 46.1 Å². The standard InChI is InChI=1S/C11H7F3N4O2S/c12-11(13,14)6-1-2-9(16-5-6)21-10-4-7(18(19)20)3-8(15)17-10/h1-5H,(H2,15,17). The van der Waals surface area contributed by atoms with Gasteiger partial charge in [-0.15, -0.1) is 0 Å². The van der Waals surface area contributed by atoms with E-state index < -0.39 is 16.7 Å². The molecule has 10 heteroatoms. The van der Waals surface area contributed by atoms with Gasteiger partial charge in [0.05, 0.1) is 16.6 Å². The van der Waals surface area contributed by atoms with Crippen LogP contribution in [0, 0.1) is 10.1 Å². The lowest BCUT2D eigenvalue weighted by Crippen LogP contribution is -2.05. The molecule has 21 heavy (non-hydrogen) atoms. The van der Waals surface area contributed by atoms with Gasteiger partial charge in [0.25, 0.3) is 5.69 Å². The van der Waals surface area contributed by atoms with E-state index in [1.165, 1.54) is 6.07 Å². The van der Waals surface area contributed by atoms with Gasteiger partial charge in [-0.05, 0) is 23.9 Å². The predicted octanol–water partition coefficient (Wildman–Crippen LogP) is 3.14. The van der Waals surface area contributed by atoms with Gasteiger partial charge < -0.3 is 5.73 Å². The first-order chi connectivity index (χ1) is 9.75. The molecule has 0 aliphatic rings. The first-order valence-electron chi connectivity index (χ1n) is 5.39. The summed E-state index contributed by atoms with van der Waals surface area (Å²) in [4.78, 5) is 17.5. The summed E-state index contributed by atoms with van der Waals surface area (Å²) < 4.78 is 37.2. The van der Waals surface area contributed by atoms with Gasteiger partial charge >= 0.3 is 6.18 Å². The monoisotopic (exact) mass is 316 g/mol. The number of nitrogens with two attached hydrogens (primary N) is 1. The Morgan fingerprint density at radius 3 is 2.48 bits per heavy atom. The lowest BCUT2D eigenvalue weighted by atomic mass is 10.3. The maximum absolute atomic E-state index is 12.4. The molecule has 0 atom stereocenters. The number of anilines is 1. The maximum atomic E-state index is 12.4. The highest BCUT2D eigenvalue weighted by molar-refractivity contribution is 7.99. The zero-order valence-electron chi connectivity index (χ0n) is 10.2. The van der Waals surface area contributed by atoms with E-state index in [-0.39, 0.29) is 21.6 Å². The van der Waals surface area contributed by atoms with E-state index in [1.807, 2.05) is 0 Å². The van der Waals surface area contributed by atoms with Crippen LogP contribution >= 0.6 is 11.8 Å². The molecule has 2 N–H and O–H groups in total. The van der Waals surface area contributed by atoms with Crippen LogP contribution in [0.2, 0.25) is 0 Å². The van der Waals surface area contributed by atoms with Crippen molar-refractivity contribution in [2.75, 3.05) is 5.73 Å². The molecular formula is C11H7F3N4O2S. The largest absolute Gasteiger partial charge is 0.417 e. The third-order valence-corrected chi connectivity index (χ3v) is 3.16. The van der Waals surface area contributed by atoms with Crippen molar-refractivity contribution in [3.8, 4) is 0 Å². The minimum Gasteiger partial charge on any atom is -0.383 e. The topological polar surface area (TPSA) is 94.9 Å². The predicted molar refractivity (Wildman–Crippen MR) is 68.7 cm³/mol. The van der Waals surface area contributed by atoms with Crippen LogP contribution in [-0.2, 0) is 6.18 Å². The Hall–Kier alpha value is -2.36. The van der Waals surface area contributed by atoms with Gasteiger partial charge in [0.2, 0.25) is 0 Å². The minimum absolute atomic E-state index is 0.0568. The summed E-state index contributed by atoms with van der Waals surface area (Å²) in [5, 5.41) is 11.1. The van der Waals surface area contributed by atoms with Crippen molar-refractivity contribution in [3.63, 3.8) is 0 Å². The van der Waals surface area contributed by atoms with Crippen LogP contribution in [0.15, 0.2) is 40.5 Å². The average molecular weight is 316 g/mol. The molecule has 2 aromatic rings. The van der Waals surface area contributed by atoms with Crippen molar-refractivity contribution in [2.24, 2.45) is 0 Å². The number of alkyl halides is 3. The quantitative estimate of drug-likeness (QED) is 0.690. The van der Waals surface area contributed by atoms with Gasteiger partial charge in [0.15, 0.2) is 0 Å². The molecule has 2 aromatic heterocycles. The van der Waals surface area contributed by atoms with Gasteiger partial charge in [0, 0.05) is 12.3 Å². The Morgan fingerprint density at radius 2 is 1.95 bits per heavy atom. The van der Waals surface area contributed by atoms with Crippen LogP contribution in [0.1, 0.15) is 5.56 Å². The van der Waals surface area contributed by atoms with E-state index in [1.54, 1.807) is 0 Å². The summed E-state index contributed by atoms with van der Waals surface area (Å²) >= 11 is 0.879. The Morgan fingerprint density at radius 1 is 1.24 bits per heavy atom. The molecule has 0 radical (unpaired) electrons. The fourth-order valence-corrected chi connectivity index (χ4v) is 2.17. The number of aromatic nitrogens is 2. The second-order valence-electron chi connectivity index (χ2n) is 3.83. The lowest BCUT2D eigenvalue weighted by Gasteiger charge is -2.06. The van der Waals surface area contributed by atoms with E-state index in [4.69, 9.17) is 5.73 Å². The smallest absolute Gasteiger partial charge is 0.383 e. The maximum Gasteiger partial charge on any atom is 0.417 e. The third-order valence-electron chi connectivity index (χ3n) is 2.29. The second-order valence-corrected chi connectivity index (χ2v) is 4.87. The van der Waals surface area contributed by atoms with Gasteiger partial charge in [-0.3, -0.25) is 10.1 Å². The molecule has 0 aliphatic carbocycles. The number of halogens is 3. The summed E-state index contributed by atoms with van der Waals surface area (Å²) in [5.41, 5.74) is 4.30. The van der Waals surface area contributed by atoms with Crippen molar-refractivity contribution in [2.45, 2.75) is 16.2 Å². The number of hydrogen-bond donors (Lipinski definition) is 1. The molecule has 2 heterocycles. The summed E-state index contributed by atoms with van der Waals surface area (Å²) in [6.45, 7) is 0. The number of nitrogens with zero attached hydrogens (tertiary/aromatic N) is 3. The van der Waals surface area contributed by atoms with Crippen molar-refractivity contribution >= 4 is 23.3 Å². The Balaban J connectivity index is 2.24. The number of hydrogen-bond acceptors (Lipinski definition) is 6. The molecule has 2 rings (SSSR count). The SMILES string of the molecule is Nc1cc([N+](=O)[O-])cc(Sc2ccc(C(F)(F)F)cn2)n1. The minimum atomic E-state index is -4.47. The zero-order chi connectivity index (χ0) is 15.6. The lowest BCUT2D eigenvalue weighted by molar-refractivity contribution is -0.385. The van der Waals surface area contributed by atoms with E-state index >= 15 is 0 Å². The molecule has 0 aromatic carbocycles. The van der Waals surface area contributed by atoms with Crippen molar-refractivity contribution in [1.29, 1.82) is 0 Å². The zero-order valence-corrected chi connectivity index (χ0v) is 11.0. The van der Waals surface area contributed by atoms with E-state index in [0.29, 0.717) is 6.20 Å². The first-order valence-corrected chi connectivity index (χ1v) is 6.20. The fraction of sp³-hybridized carbons (Fsp3) is 0.0909. The Bertz CT molecular complexity index is 676. The Kier molecular flexibility index (Phi) is 3.98. The van der Waals surface area contributed by atoms with Crippen molar-refractivity contribution in [1.82, 2.24) is 9.97 Å². The molecule has 110 valence electrons. The molecular weight excluding hydrogens is 309 g/mol. The van der Waals surface area contributed by atoms with Crippen LogP contribution < -0.4 is 5.73 Å². The summed E-state index contributed by atoms with van der Waals surface area (Å²) in [5.74, 6) is -0.0568. The molecule has 0 unspecified atom stereocenters. The summed E-state index contributed by atoms with van der Waals surface area (Å²) in [6.07, 6.45) is -3.78. The van der Waals surface area contributed by atoms with Gasteiger partial charge in [-0.2, -0.15) is 13.2 Å². The molecule has 0 fully saturated rings. The number of nitro groups is 1. The van der Waals surface area contributed by atoms with Gasteiger partial charge in [-0.1, -0.05) is 0 Å². The molecule has 0 aliphatic heterocycles. The van der Waals surface area contributed by atoms with Crippen molar-refractivity contribution < 1.29 is 18.1 Å². The summed E-state index contributed by atoms with van der Waals surface area (Å²) in [7, 11) is 0. The average Bonchev–Trinajstić information content (AvgIpc) is 2.37. The van der Waals surface area contributed by atoms with Gasteiger partial charge in [0.1, 0.15) is 15.9 Å². The normalized spacial score (nSPS) is 11.4. The Labute approximate surface area is 120 Å². The van der Waals surface area contributed by atoms with E-state index in [9.17, 15) is 23.3 Å². The molecule has 0 bridgehead atoms. The number of nitrogen functional groups attached to an aromatic ring is 1. The fourth-order valence-electron chi connectivity index (χ4n) is 1.38. The highest BCUT2D eigenvalue weighted by Crippen LogP contribution is 2.32. The van der Waals surface area contributed by atoms with Crippen LogP contribution in [0.5, 0.6) is 0 Å². The molecule has 0 spiro atoms. The number of rotatable bonds is 3. The second kappa shape index (κ2) is 5.56. The highest BCUT2D eigenvalue weighted by atomic mass is 32.2. The number of pyridine rings is 2. The van der Waals surface area contributed by atoms with Gasteiger partial charge in [-0.25, -0.2) is 9.97 Å². The van der Waals surface area contributed by atoms with E-state index in [2.05, 4.69) is 9.97 Å². The third kappa shape index (κ3) is 3.81. The van der Waals surface area contributed by atoms with Crippen LogP contribution in [0.3, 0.4) is 0 Å². The van der Waals surface area contributed by atoms with E-state index in [0.717, 1.165) is 30.0 Å². The van der Waals surface area contributed by atoms with Crippen LogP contribution in [0.4, 0.5) is 24.7 Å². The first kappa shape index (κ1) is 15.0. The van der Waals surface area contributed by atoms with Crippen LogP contribution in [-0.4, -0.2) is 14.9 Å². The summed E-state index contributed by atoms with van der Waals surface area (Å²) in [6, 6.07) is 4.28. The molecule has 6 nitrogen and oxygen atoms in total. The molecule has 0 saturated heterocycles. The highest BCUT2D eigenvalue weighted by Gasteiger charge is 2.30. The van der Waals surface area contributed by atoms with Crippen LogP contribution in [0.25, 0.3) is 0 Å². The molecule has 0 amide bonds.